The minimum atomic E-state index is -0.742. The Labute approximate surface area is 118 Å². The van der Waals surface area contributed by atoms with E-state index in [1.54, 1.807) is 39.8 Å². The summed E-state index contributed by atoms with van der Waals surface area (Å²) in [5.41, 5.74) is 5.28. The molecule has 6 nitrogen and oxygen atoms in total. The molecule has 0 atom stereocenters. The second-order valence-corrected chi connectivity index (χ2v) is 5.96. The zero-order valence-corrected chi connectivity index (χ0v) is 12.3. The average Bonchev–Trinajstić information content (AvgIpc) is 2.34. The van der Waals surface area contributed by atoms with Crippen LogP contribution in [0.5, 0.6) is 0 Å². The molecule has 3 N–H and O–H groups in total. The van der Waals surface area contributed by atoms with Gasteiger partial charge in [-0.25, -0.2) is 0 Å². The van der Waals surface area contributed by atoms with Crippen molar-refractivity contribution in [2.75, 3.05) is 0 Å². The lowest BCUT2D eigenvalue weighted by Crippen LogP contribution is -2.55. The van der Waals surface area contributed by atoms with Crippen LogP contribution in [0.2, 0.25) is 0 Å². The summed E-state index contributed by atoms with van der Waals surface area (Å²) < 4.78 is 0. The summed E-state index contributed by atoms with van der Waals surface area (Å²) in [6.07, 6.45) is 0. The molecule has 0 fully saturated rings. The van der Waals surface area contributed by atoms with Gasteiger partial charge < -0.3 is 11.1 Å². The molecule has 0 unspecified atom stereocenters. The number of carbonyl (C=O) groups excluding carboxylic acids is 1. The predicted octanol–water partition coefficient (Wildman–Crippen LogP) is 1.97. The number of nitro benzene ring substituents is 1. The third-order valence-corrected chi connectivity index (χ3v) is 3.75. The van der Waals surface area contributed by atoms with Crippen LogP contribution in [0.3, 0.4) is 0 Å². The highest BCUT2D eigenvalue weighted by atomic mass is 16.6. The molecule has 0 radical (unpaired) electrons. The lowest BCUT2D eigenvalue weighted by molar-refractivity contribution is -0.384. The quantitative estimate of drug-likeness (QED) is 0.636. The van der Waals surface area contributed by atoms with Gasteiger partial charge >= 0.3 is 0 Å². The summed E-state index contributed by atoms with van der Waals surface area (Å²) in [6.45, 7) is 7.37. The standard InChI is InChI=1S/C14H21N3O3/c1-13(2,14(3,4)15)12(18)16-9-10-6-5-7-11(8-10)17(19)20/h5-8H,9,15H2,1-4H3,(H,16,18). The van der Waals surface area contributed by atoms with Crippen molar-refractivity contribution in [3.8, 4) is 0 Å². The van der Waals surface area contributed by atoms with Crippen molar-refractivity contribution in [2.24, 2.45) is 11.1 Å². The number of nitro groups is 1. The van der Waals surface area contributed by atoms with Gasteiger partial charge in [0, 0.05) is 24.2 Å². The summed E-state index contributed by atoms with van der Waals surface area (Å²) in [4.78, 5) is 22.4. The Bertz CT molecular complexity index is 519. The summed E-state index contributed by atoms with van der Waals surface area (Å²) in [5, 5.41) is 13.5. The van der Waals surface area contributed by atoms with Gasteiger partial charge in [-0.1, -0.05) is 12.1 Å². The summed E-state index contributed by atoms with van der Waals surface area (Å²) in [6, 6.07) is 6.19. The fourth-order valence-electron chi connectivity index (χ4n) is 1.48. The molecule has 0 aromatic heterocycles. The fraction of sp³-hybridized carbons (Fsp3) is 0.500. The number of carbonyl (C=O) groups is 1. The van der Waals surface area contributed by atoms with Crippen LogP contribution in [0.25, 0.3) is 0 Å². The first kappa shape index (κ1) is 16.1. The Hall–Kier alpha value is -1.95. The van der Waals surface area contributed by atoms with Gasteiger partial charge in [-0.15, -0.1) is 0 Å². The van der Waals surface area contributed by atoms with Crippen LogP contribution in [-0.2, 0) is 11.3 Å². The third kappa shape index (κ3) is 3.54. The van der Waals surface area contributed by atoms with Gasteiger partial charge in [-0.05, 0) is 33.3 Å². The molecule has 1 rings (SSSR count). The molecule has 6 heteroatoms. The van der Waals surface area contributed by atoms with Crippen LogP contribution in [0.4, 0.5) is 5.69 Å². The molecule has 0 aliphatic carbocycles. The zero-order chi connectivity index (χ0) is 15.6. The SMILES string of the molecule is CC(C)(N)C(C)(C)C(=O)NCc1cccc([N+](=O)[O-])c1. The molecule has 20 heavy (non-hydrogen) atoms. The Balaban J connectivity index is 2.75. The lowest BCUT2D eigenvalue weighted by atomic mass is 9.74. The van der Waals surface area contributed by atoms with Gasteiger partial charge in [-0.2, -0.15) is 0 Å². The second kappa shape index (κ2) is 5.58. The number of nitrogens with one attached hydrogen (secondary N) is 1. The van der Waals surface area contributed by atoms with Gasteiger partial charge in [0.15, 0.2) is 0 Å². The number of hydrogen-bond donors (Lipinski definition) is 2. The highest BCUT2D eigenvalue weighted by Crippen LogP contribution is 2.28. The van der Waals surface area contributed by atoms with E-state index in [-0.39, 0.29) is 18.1 Å². The number of nitrogens with zero attached hydrogens (tertiary/aromatic N) is 1. The van der Waals surface area contributed by atoms with E-state index in [1.165, 1.54) is 12.1 Å². The maximum absolute atomic E-state index is 12.2. The fourth-order valence-corrected chi connectivity index (χ4v) is 1.48. The highest BCUT2D eigenvalue weighted by Gasteiger charge is 2.40. The summed E-state index contributed by atoms with van der Waals surface area (Å²) in [7, 11) is 0. The van der Waals surface area contributed by atoms with Crippen molar-refractivity contribution in [2.45, 2.75) is 39.8 Å². The minimum absolute atomic E-state index is 0.00941. The van der Waals surface area contributed by atoms with E-state index in [2.05, 4.69) is 5.32 Å². The minimum Gasteiger partial charge on any atom is -0.351 e. The Morgan fingerprint density at radius 3 is 2.45 bits per heavy atom. The third-order valence-electron chi connectivity index (χ3n) is 3.75. The number of nitrogens with two attached hydrogens (primary N) is 1. The van der Waals surface area contributed by atoms with Gasteiger partial charge in [0.05, 0.1) is 10.3 Å². The van der Waals surface area contributed by atoms with E-state index in [9.17, 15) is 14.9 Å². The van der Waals surface area contributed by atoms with Crippen LogP contribution < -0.4 is 11.1 Å². The number of benzene rings is 1. The number of amides is 1. The van der Waals surface area contributed by atoms with Crippen molar-refractivity contribution >= 4 is 11.6 Å². The zero-order valence-electron chi connectivity index (χ0n) is 12.3. The van der Waals surface area contributed by atoms with E-state index >= 15 is 0 Å². The maximum atomic E-state index is 12.2. The van der Waals surface area contributed by atoms with Gasteiger partial charge in [0.2, 0.25) is 5.91 Å². The van der Waals surface area contributed by atoms with Crippen LogP contribution in [0, 0.1) is 15.5 Å². The molecular formula is C14H21N3O3. The maximum Gasteiger partial charge on any atom is 0.269 e. The summed E-state index contributed by atoms with van der Waals surface area (Å²) >= 11 is 0. The molecule has 0 saturated heterocycles. The van der Waals surface area contributed by atoms with E-state index in [4.69, 9.17) is 5.73 Å². The van der Waals surface area contributed by atoms with Crippen molar-refractivity contribution in [1.29, 1.82) is 0 Å². The van der Waals surface area contributed by atoms with Gasteiger partial charge in [0.25, 0.3) is 5.69 Å². The molecule has 110 valence electrons. The highest BCUT2D eigenvalue weighted by molar-refractivity contribution is 5.83. The van der Waals surface area contributed by atoms with E-state index in [0.29, 0.717) is 5.56 Å². The van der Waals surface area contributed by atoms with Crippen LogP contribution >= 0.6 is 0 Å². The van der Waals surface area contributed by atoms with E-state index < -0.39 is 15.9 Å². The molecule has 0 heterocycles. The molecule has 0 saturated carbocycles. The van der Waals surface area contributed by atoms with Crippen LogP contribution in [0.1, 0.15) is 33.3 Å². The first-order valence-electron chi connectivity index (χ1n) is 6.36. The Kier molecular flexibility index (Phi) is 4.50. The summed E-state index contributed by atoms with van der Waals surface area (Å²) in [5.74, 6) is -0.184. The van der Waals surface area contributed by atoms with Crippen LogP contribution in [0.15, 0.2) is 24.3 Å². The van der Waals surface area contributed by atoms with E-state index in [0.717, 1.165) is 0 Å². The largest absolute Gasteiger partial charge is 0.351 e. The van der Waals surface area contributed by atoms with E-state index in [1.807, 2.05) is 0 Å². The molecular weight excluding hydrogens is 258 g/mol. The molecule has 1 aromatic carbocycles. The number of hydrogen-bond acceptors (Lipinski definition) is 4. The molecule has 1 aromatic rings. The Morgan fingerprint density at radius 2 is 1.95 bits per heavy atom. The molecule has 1 amide bonds. The van der Waals surface area contributed by atoms with Crippen molar-refractivity contribution in [3.63, 3.8) is 0 Å². The molecule has 0 aliphatic rings. The topological polar surface area (TPSA) is 98.3 Å². The lowest BCUT2D eigenvalue weighted by Gasteiger charge is -2.36. The van der Waals surface area contributed by atoms with Gasteiger partial charge in [-0.3, -0.25) is 14.9 Å². The molecule has 0 aliphatic heterocycles. The normalized spacial score (nSPS) is 12.1. The second-order valence-electron chi connectivity index (χ2n) is 5.96. The van der Waals surface area contributed by atoms with Gasteiger partial charge in [0.1, 0.15) is 0 Å². The molecule has 0 spiro atoms. The Morgan fingerprint density at radius 1 is 1.35 bits per heavy atom. The van der Waals surface area contributed by atoms with Crippen molar-refractivity contribution < 1.29 is 9.72 Å². The molecule has 0 bridgehead atoms. The number of rotatable bonds is 5. The smallest absolute Gasteiger partial charge is 0.269 e. The predicted molar refractivity (Wildman–Crippen MR) is 77.0 cm³/mol. The van der Waals surface area contributed by atoms with Crippen molar-refractivity contribution in [3.05, 3.63) is 39.9 Å². The first-order valence-corrected chi connectivity index (χ1v) is 6.36. The average molecular weight is 279 g/mol. The van der Waals surface area contributed by atoms with Crippen molar-refractivity contribution in [1.82, 2.24) is 5.32 Å². The number of non-ortho nitro benzene ring substituents is 1. The first-order chi connectivity index (χ1) is 9.05. The monoisotopic (exact) mass is 279 g/mol. The van der Waals surface area contributed by atoms with Crippen LogP contribution in [-0.4, -0.2) is 16.4 Å².